The van der Waals surface area contributed by atoms with Gasteiger partial charge in [-0.15, -0.1) is 0 Å². The van der Waals surface area contributed by atoms with Crippen molar-refractivity contribution in [3.63, 3.8) is 0 Å². The standard InChI is InChI=1S/C27H17N3O/c31-27(20-10-9-17-5-1-2-7-19(17)15-20)28-21-12-14-23-25(16-21)30-26-22-8-4-3-6-18(22)11-13-24(26)29-23/h1-16H,(H,28,31). The van der Waals surface area contributed by atoms with Crippen LogP contribution in [0.1, 0.15) is 10.4 Å². The van der Waals surface area contributed by atoms with E-state index >= 15 is 0 Å². The molecule has 0 unspecified atom stereocenters. The predicted molar refractivity (Wildman–Crippen MR) is 126 cm³/mol. The monoisotopic (exact) mass is 399 g/mol. The number of nitrogens with zero attached hydrogens (tertiary/aromatic N) is 2. The maximum absolute atomic E-state index is 12.8. The van der Waals surface area contributed by atoms with Crippen LogP contribution < -0.4 is 5.32 Å². The first-order valence-corrected chi connectivity index (χ1v) is 10.1. The smallest absolute Gasteiger partial charge is 0.255 e. The first-order valence-electron chi connectivity index (χ1n) is 10.1. The fourth-order valence-electron chi connectivity index (χ4n) is 4.02. The molecule has 4 heteroatoms. The first kappa shape index (κ1) is 17.5. The molecule has 0 radical (unpaired) electrons. The maximum atomic E-state index is 12.8. The van der Waals surface area contributed by atoms with Crippen molar-refractivity contribution in [2.24, 2.45) is 0 Å². The molecule has 1 amide bonds. The van der Waals surface area contributed by atoms with Gasteiger partial charge in [-0.25, -0.2) is 9.97 Å². The van der Waals surface area contributed by atoms with Gasteiger partial charge in [0.1, 0.15) is 0 Å². The first-order chi connectivity index (χ1) is 15.2. The number of benzene rings is 5. The van der Waals surface area contributed by atoms with Crippen LogP contribution in [0.3, 0.4) is 0 Å². The molecule has 0 bridgehead atoms. The summed E-state index contributed by atoms with van der Waals surface area (Å²) in [7, 11) is 0. The normalized spacial score (nSPS) is 11.4. The van der Waals surface area contributed by atoms with E-state index in [4.69, 9.17) is 9.97 Å². The van der Waals surface area contributed by atoms with E-state index in [2.05, 4.69) is 23.5 Å². The van der Waals surface area contributed by atoms with Crippen LogP contribution in [0.5, 0.6) is 0 Å². The molecule has 1 heterocycles. The van der Waals surface area contributed by atoms with Gasteiger partial charge < -0.3 is 5.32 Å². The highest BCUT2D eigenvalue weighted by Crippen LogP contribution is 2.26. The van der Waals surface area contributed by atoms with Crippen LogP contribution in [0, 0.1) is 0 Å². The van der Waals surface area contributed by atoms with Gasteiger partial charge in [0, 0.05) is 16.6 Å². The Balaban J connectivity index is 1.40. The van der Waals surface area contributed by atoms with Crippen molar-refractivity contribution in [2.75, 3.05) is 5.32 Å². The summed E-state index contributed by atoms with van der Waals surface area (Å²) in [6.07, 6.45) is 0. The number of amides is 1. The van der Waals surface area contributed by atoms with Crippen LogP contribution in [-0.4, -0.2) is 15.9 Å². The minimum Gasteiger partial charge on any atom is -0.322 e. The van der Waals surface area contributed by atoms with Crippen LogP contribution >= 0.6 is 0 Å². The molecule has 0 fully saturated rings. The number of hydrogen-bond donors (Lipinski definition) is 1. The summed E-state index contributed by atoms with van der Waals surface area (Å²) >= 11 is 0. The third kappa shape index (κ3) is 3.06. The average Bonchev–Trinajstić information content (AvgIpc) is 2.82. The Labute approximate surface area is 178 Å². The predicted octanol–water partition coefficient (Wildman–Crippen LogP) is 6.34. The quantitative estimate of drug-likeness (QED) is 0.273. The van der Waals surface area contributed by atoms with Crippen molar-refractivity contribution in [3.05, 3.63) is 103 Å². The molecule has 146 valence electrons. The van der Waals surface area contributed by atoms with E-state index in [-0.39, 0.29) is 5.91 Å². The Morgan fingerprint density at radius 2 is 1.35 bits per heavy atom. The second-order valence-electron chi connectivity index (χ2n) is 7.60. The molecule has 5 aromatic carbocycles. The van der Waals surface area contributed by atoms with Gasteiger partial charge in [-0.2, -0.15) is 0 Å². The summed E-state index contributed by atoms with van der Waals surface area (Å²) < 4.78 is 0. The topological polar surface area (TPSA) is 54.9 Å². The highest BCUT2D eigenvalue weighted by Gasteiger charge is 2.10. The van der Waals surface area contributed by atoms with E-state index in [9.17, 15) is 4.79 Å². The molecule has 1 aromatic heterocycles. The van der Waals surface area contributed by atoms with Crippen LogP contribution in [0.4, 0.5) is 5.69 Å². The summed E-state index contributed by atoms with van der Waals surface area (Å²) in [4.78, 5) is 22.5. The van der Waals surface area contributed by atoms with Gasteiger partial charge in [0.05, 0.1) is 22.1 Å². The van der Waals surface area contributed by atoms with Gasteiger partial charge in [-0.1, -0.05) is 60.7 Å². The molecular weight excluding hydrogens is 382 g/mol. The van der Waals surface area contributed by atoms with Crippen LogP contribution in [0.2, 0.25) is 0 Å². The van der Waals surface area contributed by atoms with Gasteiger partial charge in [-0.05, 0) is 52.6 Å². The molecule has 1 N–H and O–H groups in total. The zero-order chi connectivity index (χ0) is 20.8. The number of fused-ring (bicyclic) bond motifs is 5. The maximum Gasteiger partial charge on any atom is 0.255 e. The lowest BCUT2D eigenvalue weighted by molar-refractivity contribution is 0.102. The second-order valence-corrected chi connectivity index (χ2v) is 7.60. The zero-order valence-electron chi connectivity index (χ0n) is 16.5. The summed E-state index contributed by atoms with van der Waals surface area (Å²) in [5, 5.41) is 7.34. The Morgan fingerprint density at radius 1 is 0.613 bits per heavy atom. The highest BCUT2D eigenvalue weighted by atomic mass is 16.1. The Kier molecular flexibility index (Phi) is 3.90. The number of anilines is 1. The number of carbonyl (C=O) groups is 1. The number of nitrogens with one attached hydrogen (secondary N) is 1. The third-order valence-electron chi connectivity index (χ3n) is 5.60. The minimum absolute atomic E-state index is 0.149. The zero-order valence-corrected chi connectivity index (χ0v) is 16.5. The lowest BCUT2D eigenvalue weighted by Gasteiger charge is -2.09. The van der Waals surface area contributed by atoms with E-state index in [1.54, 1.807) is 0 Å². The van der Waals surface area contributed by atoms with E-state index in [0.717, 1.165) is 43.6 Å². The van der Waals surface area contributed by atoms with Crippen LogP contribution in [0.25, 0.3) is 43.6 Å². The number of hydrogen-bond acceptors (Lipinski definition) is 3. The highest BCUT2D eigenvalue weighted by molar-refractivity contribution is 6.08. The van der Waals surface area contributed by atoms with Crippen molar-refractivity contribution >= 4 is 55.2 Å². The van der Waals surface area contributed by atoms with E-state index in [1.807, 2.05) is 78.9 Å². The van der Waals surface area contributed by atoms with Gasteiger partial charge >= 0.3 is 0 Å². The van der Waals surface area contributed by atoms with Gasteiger partial charge in [0.25, 0.3) is 5.91 Å². The number of carbonyl (C=O) groups excluding carboxylic acids is 1. The molecular formula is C27H17N3O. The number of rotatable bonds is 2. The van der Waals surface area contributed by atoms with Crippen molar-refractivity contribution < 1.29 is 4.79 Å². The summed E-state index contributed by atoms with van der Waals surface area (Å²) in [5.41, 5.74) is 4.59. The summed E-state index contributed by atoms with van der Waals surface area (Å²) in [6, 6.07) is 31.6. The molecule has 6 aromatic rings. The van der Waals surface area contributed by atoms with Gasteiger partial charge in [0.15, 0.2) is 0 Å². The van der Waals surface area contributed by atoms with Gasteiger partial charge in [0.2, 0.25) is 0 Å². The summed E-state index contributed by atoms with van der Waals surface area (Å²) in [6.45, 7) is 0. The molecule has 31 heavy (non-hydrogen) atoms. The van der Waals surface area contributed by atoms with Crippen molar-refractivity contribution in [1.82, 2.24) is 9.97 Å². The fraction of sp³-hybridized carbons (Fsp3) is 0. The molecule has 0 spiro atoms. The van der Waals surface area contributed by atoms with Crippen molar-refractivity contribution in [1.29, 1.82) is 0 Å². The lowest BCUT2D eigenvalue weighted by atomic mass is 10.1. The Hall–Kier alpha value is -4.31. The second kappa shape index (κ2) is 6.89. The van der Waals surface area contributed by atoms with Gasteiger partial charge in [-0.3, -0.25) is 4.79 Å². The largest absolute Gasteiger partial charge is 0.322 e. The van der Waals surface area contributed by atoms with E-state index < -0.39 is 0 Å². The molecule has 0 atom stereocenters. The van der Waals surface area contributed by atoms with Crippen molar-refractivity contribution in [2.45, 2.75) is 0 Å². The minimum atomic E-state index is -0.149. The van der Waals surface area contributed by atoms with Crippen LogP contribution in [0.15, 0.2) is 97.1 Å². The molecule has 0 saturated carbocycles. The van der Waals surface area contributed by atoms with Crippen molar-refractivity contribution in [3.8, 4) is 0 Å². The Morgan fingerprint density at radius 3 is 2.26 bits per heavy atom. The molecule has 4 nitrogen and oxygen atoms in total. The molecule has 0 aliphatic heterocycles. The average molecular weight is 399 g/mol. The Bertz CT molecular complexity index is 1640. The molecule has 0 aliphatic carbocycles. The fourth-order valence-corrected chi connectivity index (χ4v) is 4.02. The molecule has 0 aliphatic rings. The third-order valence-corrected chi connectivity index (χ3v) is 5.60. The lowest BCUT2D eigenvalue weighted by Crippen LogP contribution is -2.11. The summed E-state index contributed by atoms with van der Waals surface area (Å²) in [5.74, 6) is -0.149. The number of aromatic nitrogens is 2. The molecule has 6 rings (SSSR count). The van der Waals surface area contributed by atoms with Crippen LogP contribution in [-0.2, 0) is 0 Å². The van der Waals surface area contributed by atoms with E-state index in [0.29, 0.717) is 11.3 Å². The van der Waals surface area contributed by atoms with E-state index in [1.165, 1.54) is 0 Å². The SMILES string of the molecule is O=C(Nc1ccc2nc3ccc4ccccc4c3nc2c1)c1ccc2ccccc2c1. The molecule has 0 saturated heterocycles.